The summed E-state index contributed by atoms with van der Waals surface area (Å²) in [5.74, 6) is 1.04. The fraction of sp³-hybridized carbons (Fsp3) is 0.217. The molecule has 0 spiro atoms. The molecule has 2 heteroatoms. The summed E-state index contributed by atoms with van der Waals surface area (Å²) in [5, 5.41) is 0. The van der Waals surface area contributed by atoms with Crippen molar-refractivity contribution in [3.8, 4) is 5.75 Å². The molecule has 0 amide bonds. The van der Waals surface area contributed by atoms with Gasteiger partial charge in [-0.05, 0) is 55.7 Å². The molecule has 0 atom stereocenters. The van der Waals surface area contributed by atoms with Crippen LogP contribution in [0.5, 0.6) is 5.75 Å². The Labute approximate surface area is 154 Å². The predicted octanol–water partition coefficient (Wildman–Crippen LogP) is 6.19. The van der Waals surface area contributed by atoms with Gasteiger partial charge in [0.15, 0.2) is 14.7 Å². The lowest BCUT2D eigenvalue weighted by Gasteiger charge is -2.14. The molecule has 0 saturated carbocycles. The molecule has 0 aliphatic heterocycles. The number of hydrogen-bond acceptors (Lipinski definition) is 1. The lowest BCUT2D eigenvalue weighted by molar-refractivity contribution is 0.313. The van der Waals surface area contributed by atoms with Crippen molar-refractivity contribution in [2.45, 2.75) is 41.9 Å². The fourth-order valence-corrected chi connectivity index (χ4v) is 5.25. The van der Waals surface area contributed by atoms with E-state index in [2.05, 4.69) is 93.6 Å². The fourth-order valence-electron chi connectivity index (χ4n) is 2.98. The summed E-state index contributed by atoms with van der Waals surface area (Å²) in [7, 11) is -0.105. The van der Waals surface area contributed by atoms with E-state index in [1.165, 1.54) is 25.8 Å². The van der Waals surface area contributed by atoms with E-state index in [1.54, 1.807) is 0 Å². The zero-order chi connectivity index (χ0) is 17.6. The summed E-state index contributed by atoms with van der Waals surface area (Å²) in [4.78, 5) is 4.03. The second kappa shape index (κ2) is 8.26. The molecule has 0 aliphatic carbocycles. The van der Waals surface area contributed by atoms with Crippen LogP contribution in [0.2, 0.25) is 0 Å². The van der Waals surface area contributed by atoms with Crippen molar-refractivity contribution in [3.05, 3.63) is 83.9 Å². The molecule has 0 aromatic heterocycles. The summed E-state index contributed by atoms with van der Waals surface area (Å²) >= 11 is 0. The summed E-state index contributed by atoms with van der Waals surface area (Å²) < 4.78 is 5.97. The van der Waals surface area contributed by atoms with Crippen LogP contribution in [0.1, 0.15) is 24.5 Å². The standard InChI is InChI=1S/C23H25OS/c1-4-15-24-23-18(2)16-22(17-19(23)3)25(20-11-7-5-8-12-20)21-13-9-6-10-14-21/h5-14,16-17H,4,15H2,1-3H3/q+1. The normalized spacial score (nSPS) is 10.9. The summed E-state index contributed by atoms with van der Waals surface area (Å²) in [5.41, 5.74) is 2.43. The van der Waals surface area contributed by atoms with Gasteiger partial charge in [-0.3, -0.25) is 0 Å². The molecule has 0 fully saturated rings. The maximum Gasteiger partial charge on any atom is 0.167 e. The van der Waals surface area contributed by atoms with Crippen LogP contribution in [-0.4, -0.2) is 6.61 Å². The summed E-state index contributed by atoms with van der Waals surface area (Å²) in [6, 6.07) is 26.1. The quantitative estimate of drug-likeness (QED) is 0.482. The van der Waals surface area contributed by atoms with Crippen LogP contribution < -0.4 is 4.74 Å². The maximum atomic E-state index is 5.97. The molecule has 25 heavy (non-hydrogen) atoms. The number of aryl methyl sites for hydroxylation is 2. The molecule has 1 nitrogen and oxygen atoms in total. The van der Waals surface area contributed by atoms with Crippen molar-refractivity contribution in [3.63, 3.8) is 0 Å². The Bertz CT molecular complexity index is 750. The van der Waals surface area contributed by atoms with Crippen LogP contribution >= 0.6 is 0 Å². The third-order valence-electron chi connectivity index (χ3n) is 4.08. The van der Waals surface area contributed by atoms with Crippen LogP contribution in [0.4, 0.5) is 0 Å². The number of hydrogen-bond donors (Lipinski definition) is 0. The van der Waals surface area contributed by atoms with E-state index in [0.29, 0.717) is 0 Å². The smallest absolute Gasteiger partial charge is 0.167 e. The van der Waals surface area contributed by atoms with Gasteiger partial charge in [-0.25, -0.2) is 0 Å². The van der Waals surface area contributed by atoms with Crippen molar-refractivity contribution < 1.29 is 4.74 Å². The largest absolute Gasteiger partial charge is 0.493 e. The molecule has 0 saturated heterocycles. The van der Waals surface area contributed by atoms with Crippen LogP contribution in [-0.2, 0) is 10.9 Å². The van der Waals surface area contributed by atoms with Gasteiger partial charge >= 0.3 is 0 Å². The molecular weight excluding hydrogens is 324 g/mol. The van der Waals surface area contributed by atoms with Gasteiger partial charge in [0, 0.05) is 12.1 Å². The van der Waals surface area contributed by atoms with Crippen LogP contribution in [0.3, 0.4) is 0 Å². The van der Waals surface area contributed by atoms with Crippen molar-refractivity contribution in [2.75, 3.05) is 6.61 Å². The molecule has 3 aromatic rings. The third kappa shape index (κ3) is 4.08. The van der Waals surface area contributed by atoms with Gasteiger partial charge in [-0.15, -0.1) is 0 Å². The molecule has 128 valence electrons. The van der Waals surface area contributed by atoms with Crippen molar-refractivity contribution in [1.29, 1.82) is 0 Å². The average molecular weight is 350 g/mol. The van der Waals surface area contributed by atoms with Gasteiger partial charge in [0.1, 0.15) is 5.75 Å². The zero-order valence-electron chi connectivity index (χ0n) is 15.2. The van der Waals surface area contributed by atoms with E-state index >= 15 is 0 Å². The van der Waals surface area contributed by atoms with E-state index < -0.39 is 0 Å². The van der Waals surface area contributed by atoms with E-state index in [1.807, 2.05) is 0 Å². The first-order valence-corrected chi connectivity index (χ1v) is 10.0. The Morgan fingerprint density at radius 2 is 1.20 bits per heavy atom. The van der Waals surface area contributed by atoms with Gasteiger partial charge in [0.05, 0.1) is 17.5 Å². The van der Waals surface area contributed by atoms with E-state index in [-0.39, 0.29) is 10.9 Å². The second-order valence-electron chi connectivity index (χ2n) is 6.17. The first kappa shape index (κ1) is 17.6. The van der Waals surface area contributed by atoms with Crippen molar-refractivity contribution >= 4 is 10.9 Å². The number of ether oxygens (including phenoxy) is 1. The SMILES string of the molecule is CCCOc1c(C)cc([S+](c2ccccc2)c2ccccc2)cc1C. The molecular formula is C23H25OS+. The zero-order valence-corrected chi connectivity index (χ0v) is 16.0. The molecule has 0 bridgehead atoms. The van der Waals surface area contributed by atoms with Gasteiger partial charge in [-0.1, -0.05) is 43.3 Å². The Hall–Kier alpha value is -2.19. The van der Waals surface area contributed by atoms with Crippen LogP contribution in [0.25, 0.3) is 0 Å². The minimum absolute atomic E-state index is 0.105. The van der Waals surface area contributed by atoms with Gasteiger partial charge < -0.3 is 4.74 Å². The molecule has 0 N–H and O–H groups in total. The summed E-state index contributed by atoms with van der Waals surface area (Å²) in [6.07, 6.45) is 1.03. The van der Waals surface area contributed by atoms with Crippen LogP contribution in [0.15, 0.2) is 87.5 Å². The lowest BCUT2D eigenvalue weighted by Crippen LogP contribution is -2.07. The minimum atomic E-state index is -0.105. The second-order valence-corrected chi connectivity index (χ2v) is 8.19. The maximum absolute atomic E-state index is 5.97. The molecule has 0 unspecified atom stereocenters. The molecule has 3 rings (SSSR count). The predicted molar refractivity (Wildman–Crippen MR) is 107 cm³/mol. The van der Waals surface area contributed by atoms with Crippen LogP contribution in [0, 0.1) is 13.8 Å². The Morgan fingerprint density at radius 1 is 0.720 bits per heavy atom. The first-order chi connectivity index (χ1) is 12.2. The molecule has 0 heterocycles. The average Bonchev–Trinajstić information content (AvgIpc) is 2.63. The highest BCUT2D eigenvalue weighted by Gasteiger charge is 2.29. The van der Waals surface area contributed by atoms with E-state index in [9.17, 15) is 0 Å². The highest BCUT2D eigenvalue weighted by Crippen LogP contribution is 2.35. The number of rotatable bonds is 6. The molecule has 0 radical (unpaired) electrons. The topological polar surface area (TPSA) is 9.23 Å². The highest BCUT2D eigenvalue weighted by molar-refractivity contribution is 7.97. The third-order valence-corrected chi connectivity index (χ3v) is 6.27. The van der Waals surface area contributed by atoms with Gasteiger partial charge in [-0.2, -0.15) is 0 Å². The molecule has 3 aromatic carbocycles. The van der Waals surface area contributed by atoms with Gasteiger partial charge in [0.2, 0.25) is 0 Å². The van der Waals surface area contributed by atoms with Gasteiger partial charge in [0.25, 0.3) is 0 Å². The van der Waals surface area contributed by atoms with E-state index in [4.69, 9.17) is 4.74 Å². The number of benzene rings is 3. The first-order valence-electron chi connectivity index (χ1n) is 8.79. The summed E-state index contributed by atoms with van der Waals surface area (Å²) in [6.45, 7) is 7.21. The molecule has 0 aliphatic rings. The Kier molecular flexibility index (Phi) is 5.83. The lowest BCUT2D eigenvalue weighted by atomic mass is 10.1. The monoisotopic (exact) mass is 349 g/mol. The van der Waals surface area contributed by atoms with Crippen molar-refractivity contribution in [1.82, 2.24) is 0 Å². The van der Waals surface area contributed by atoms with Crippen molar-refractivity contribution in [2.24, 2.45) is 0 Å². The Balaban J connectivity index is 2.08. The van der Waals surface area contributed by atoms with E-state index in [0.717, 1.165) is 18.8 Å². The Morgan fingerprint density at radius 3 is 1.64 bits per heavy atom. The minimum Gasteiger partial charge on any atom is -0.493 e. The highest BCUT2D eigenvalue weighted by atomic mass is 32.2.